The number of carbonyl (C=O) groups excluding carboxylic acids is 1. The van der Waals surface area contributed by atoms with Gasteiger partial charge >= 0.3 is 0 Å². The molecule has 1 aliphatic rings. The molecule has 0 spiro atoms. The molecular formula is C21H27N3O2. The molecule has 0 bridgehead atoms. The molecule has 5 heteroatoms. The van der Waals surface area contributed by atoms with Crippen molar-refractivity contribution in [3.8, 4) is 5.75 Å². The van der Waals surface area contributed by atoms with Crippen molar-refractivity contribution in [2.24, 2.45) is 5.92 Å². The molecule has 1 saturated heterocycles. The van der Waals surface area contributed by atoms with Crippen LogP contribution in [0.3, 0.4) is 0 Å². The van der Waals surface area contributed by atoms with Gasteiger partial charge in [0, 0.05) is 24.5 Å². The number of piperidine rings is 1. The number of methoxy groups -OCH3 is 1. The highest BCUT2D eigenvalue weighted by atomic mass is 16.5. The molecule has 0 saturated carbocycles. The standard InChI is InChI=1S/C21H27N3O2/c1-16-9-12-24(13-10-16)19(18-7-3-4-8-20(18)26-2)15-23-21(25)17-6-5-11-22-14-17/h3-8,11,14,16,19H,9-10,12-13,15H2,1-2H3,(H,23,25). The molecule has 0 radical (unpaired) electrons. The lowest BCUT2D eigenvalue weighted by Gasteiger charge is -2.37. The van der Waals surface area contributed by atoms with Gasteiger partial charge in [-0.2, -0.15) is 0 Å². The number of nitrogens with zero attached hydrogens (tertiary/aromatic N) is 2. The molecule has 1 atom stereocenters. The lowest BCUT2D eigenvalue weighted by molar-refractivity contribution is 0.0910. The first kappa shape index (κ1) is 18.4. The molecule has 1 aliphatic heterocycles. The van der Waals surface area contributed by atoms with Gasteiger partial charge in [0.15, 0.2) is 0 Å². The highest BCUT2D eigenvalue weighted by Crippen LogP contribution is 2.31. The summed E-state index contributed by atoms with van der Waals surface area (Å²) in [4.78, 5) is 19.0. The highest BCUT2D eigenvalue weighted by molar-refractivity contribution is 5.93. The molecule has 1 N–H and O–H groups in total. The summed E-state index contributed by atoms with van der Waals surface area (Å²) < 4.78 is 5.58. The van der Waals surface area contributed by atoms with Crippen LogP contribution in [-0.4, -0.2) is 42.5 Å². The van der Waals surface area contributed by atoms with Crippen LogP contribution in [-0.2, 0) is 0 Å². The van der Waals surface area contributed by atoms with Crippen LogP contribution in [0.1, 0.15) is 41.7 Å². The second kappa shape index (κ2) is 8.81. The van der Waals surface area contributed by atoms with Crippen LogP contribution in [0.2, 0.25) is 0 Å². The first-order valence-electron chi connectivity index (χ1n) is 9.24. The first-order chi connectivity index (χ1) is 12.7. The summed E-state index contributed by atoms with van der Waals surface area (Å²) in [7, 11) is 1.70. The van der Waals surface area contributed by atoms with Crippen LogP contribution >= 0.6 is 0 Å². The molecule has 0 aliphatic carbocycles. The zero-order valence-electron chi connectivity index (χ0n) is 15.5. The summed E-state index contributed by atoms with van der Waals surface area (Å²) in [5.41, 5.74) is 1.70. The zero-order chi connectivity index (χ0) is 18.4. The maximum atomic E-state index is 12.5. The predicted octanol–water partition coefficient (Wildman–Crippen LogP) is 3.29. The van der Waals surface area contributed by atoms with E-state index in [-0.39, 0.29) is 11.9 Å². The third-order valence-electron chi connectivity index (χ3n) is 5.14. The second-order valence-corrected chi connectivity index (χ2v) is 6.93. The number of benzene rings is 1. The smallest absolute Gasteiger partial charge is 0.252 e. The largest absolute Gasteiger partial charge is 0.496 e. The van der Waals surface area contributed by atoms with Crippen molar-refractivity contribution < 1.29 is 9.53 Å². The predicted molar refractivity (Wildman–Crippen MR) is 102 cm³/mol. The minimum atomic E-state index is -0.0941. The van der Waals surface area contributed by atoms with Crippen molar-refractivity contribution in [1.29, 1.82) is 0 Å². The van der Waals surface area contributed by atoms with Crippen molar-refractivity contribution in [2.75, 3.05) is 26.7 Å². The topological polar surface area (TPSA) is 54.5 Å². The molecule has 138 valence electrons. The average Bonchev–Trinajstić information content (AvgIpc) is 2.70. The lowest BCUT2D eigenvalue weighted by Crippen LogP contribution is -2.42. The third kappa shape index (κ3) is 4.41. The second-order valence-electron chi connectivity index (χ2n) is 6.93. The van der Waals surface area contributed by atoms with Crippen LogP contribution in [0.25, 0.3) is 0 Å². The van der Waals surface area contributed by atoms with Crippen LogP contribution in [0.15, 0.2) is 48.8 Å². The quantitative estimate of drug-likeness (QED) is 0.866. The van der Waals surface area contributed by atoms with Gasteiger partial charge in [0.25, 0.3) is 5.91 Å². The van der Waals surface area contributed by atoms with Gasteiger partial charge in [-0.3, -0.25) is 14.7 Å². The highest BCUT2D eigenvalue weighted by Gasteiger charge is 2.27. The fourth-order valence-electron chi connectivity index (χ4n) is 3.51. The minimum Gasteiger partial charge on any atom is -0.496 e. The van der Waals surface area contributed by atoms with Crippen LogP contribution < -0.4 is 10.1 Å². The van der Waals surface area contributed by atoms with Crippen molar-refractivity contribution in [3.05, 3.63) is 59.9 Å². The Balaban J connectivity index is 1.78. The molecule has 1 unspecified atom stereocenters. The number of aromatic nitrogens is 1. The number of hydrogen-bond donors (Lipinski definition) is 1. The van der Waals surface area contributed by atoms with Gasteiger partial charge < -0.3 is 10.1 Å². The number of likely N-dealkylation sites (tertiary alicyclic amines) is 1. The van der Waals surface area contributed by atoms with E-state index in [2.05, 4.69) is 28.2 Å². The van der Waals surface area contributed by atoms with E-state index in [0.29, 0.717) is 12.1 Å². The van der Waals surface area contributed by atoms with E-state index in [1.165, 1.54) is 12.8 Å². The number of amides is 1. The van der Waals surface area contributed by atoms with Gasteiger partial charge in [-0.25, -0.2) is 0 Å². The van der Waals surface area contributed by atoms with Gasteiger partial charge in [0.1, 0.15) is 5.75 Å². The van der Waals surface area contributed by atoms with Gasteiger partial charge in [0.05, 0.1) is 18.7 Å². The number of nitrogens with one attached hydrogen (secondary N) is 1. The fraction of sp³-hybridized carbons (Fsp3) is 0.429. The van der Waals surface area contributed by atoms with E-state index < -0.39 is 0 Å². The molecule has 1 aromatic heterocycles. The molecule has 3 rings (SSSR count). The molecule has 1 aromatic carbocycles. The first-order valence-corrected chi connectivity index (χ1v) is 9.24. The Labute approximate surface area is 155 Å². The Kier molecular flexibility index (Phi) is 6.23. The number of ether oxygens (including phenoxy) is 1. The normalized spacial score (nSPS) is 16.8. The fourth-order valence-corrected chi connectivity index (χ4v) is 3.51. The summed E-state index contributed by atoms with van der Waals surface area (Å²) in [5.74, 6) is 1.53. The number of para-hydroxylation sites is 1. The Morgan fingerprint density at radius 1 is 1.27 bits per heavy atom. The molecule has 2 heterocycles. The molecule has 1 amide bonds. The Hall–Kier alpha value is -2.40. The summed E-state index contributed by atoms with van der Waals surface area (Å²) in [6.45, 7) is 4.92. The van der Waals surface area contributed by atoms with Crippen molar-refractivity contribution in [1.82, 2.24) is 15.2 Å². The molecule has 26 heavy (non-hydrogen) atoms. The molecule has 5 nitrogen and oxygen atoms in total. The molecular weight excluding hydrogens is 326 g/mol. The monoisotopic (exact) mass is 353 g/mol. The molecule has 1 fully saturated rings. The lowest BCUT2D eigenvalue weighted by atomic mass is 9.95. The zero-order valence-corrected chi connectivity index (χ0v) is 15.5. The Bertz CT molecular complexity index is 712. The Morgan fingerprint density at radius 3 is 2.73 bits per heavy atom. The van der Waals surface area contributed by atoms with Crippen LogP contribution in [0.5, 0.6) is 5.75 Å². The van der Waals surface area contributed by atoms with E-state index in [9.17, 15) is 4.79 Å². The van der Waals surface area contributed by atoms with Gasteiger partial charge in [-0.05, 0) is 50.0 Å². The van der Waals surface area contributed by atoms with E-state index in [4.69, 9.17) is 4.74 Å². The summed E-state index contributed by atoms with van der Waals surface area (Å²) in [6.07, 6.45) is 5.63. The van der Waals surface area contributed by atoms with Gasteiger partial charge in [-0.15, -0.1) is 0 Å². The van der Waals surface area contributed by atoms with E-state index in [0.717, 1.165) is 30.3 Å². The summed E-state index contributed by atoms with van der Waals surface area (Å²) in [5, 5.41) is 3.08. The van der Waals surface area contributed by atoms with Crippen molar-refractivity contribution >= 4 is 5.91 Å². The van der Waals surface area contributed by atoms with Crippen LogP contribution in [0, 0.1) is 5.92 Å². The number of carbonyl (C=O) groups is 1. The average molecular weight is 353 g/mol. The van der Waals surface area contributed by atoms with E-state index in [1.807, 2.05) is 18.2 Å². The third-order valence-corrected chi connectivity index (χ3v) is 5.14. The van der Waals surface area contributed by atoms with E-state index in [1.54, 1.807) is 31.6 Å². The number of rotatable bonds is 6. The van der Waals surface area contributed by atoms with Crippen LogP contribution in [0.4, 0.5) is 0 Å². The van der Waals surface area contributed by atoms with E-state index >= 15 is 0 Å². The Morgan fingerprint density at radius 2 is 2.04 bits per heavy atom. The summed E-state index contributed by atoms with van der Waals surface area (Å²) in [6, 6.07) is 11.7. The summed E-state index contributed by atoms with van der Waals surface area (Å²) >= 11 is 0. The number of pyridine rings is 1. The van der Waals surface area contributed by atoms with Gasteiger partial charge in [0.2, 0.25) is 0 Å². The number of hydrogen-bond acceptors (Lipinski definition) is 4. The maximum Gasteiger partial charge on any atom is 0.252 e. The SMILES string of the molecule is COc1ccccc1C(CNC(=O)c1cccnc1)N1CCC(C)CC1. The molecule has 2 aromatic rings. The van der Waals surface area contributed by atoms with Gasteiger partial charge in [-0.1, -0.05) is 25.1 Å². The maximum absolute atomic E-state index is 12.5. The minimum absolute atomic E-state index is 0.0941. The van der Waals surface area contributed by atoms with Crippen molar-refractivity contribution in [3.63, 3.8) is 0 Å². The van der Waals surface area contributed by atoms with Crippen molar-refractivity contribution in [2.45, 2.75) is 25.8 Å².